The second-order valence-corrected chi connectivity index (χ2v) is 8.21. The van der Waals surface area contributed by atoms with Gasteiger partial charge in [0.05, 0.1) is 0 Å². The minimum atomic E-state index is 0.0315. The van der Waals surface area contributed by atoms with Crippen molar-refractivity contribution < 1.29 is 0 Å². The lowest BCUT2D eigenvalue weighted by Crippen LogP contribution is -2.23. The number of hydrogen-bond acceptors (Lipinski definition) is 4. The molecule has 0 spiro atoms. The molecule has 24 heavy (non-hydrogen) atoms. The van der Waals surface area contributed by atoms with Crippen molar-refractivity contribution in [1.29, 1.82) is 0 Å². The second-order valence-electron chi connectivity index (χ2n) is 6.49. The van der Waals surface area contributed by atoms with Crippen LogP contribution in [0.3, 0.4) is 0 Å². The van der Waals surface area contributed by atoms with Crippen molar-refractivity contribution in [3.05, 3.63) is 64.5 Å². The number of pyridine rings is 1. The molecule has 0 N–H and O–H groups in total. The van der Waals surface area contributed by atoms with E-state index in [2.05, 4.69) is 66.2 Å². The van der Waals surface area contributed by atoms with E-state index >= 15 is 0 Å². The van der Waals surface area contributed by atoms with Crippen LogP contribution in [0.2, 0.25) is 0 Å². The third-order valence-electron chi connectivity index (χ3n) is 3.65. The summed E-state index contributed by atoms with van der Waals surface area (Å²) in [6, 6.07) is 14.4. The summed E-state index contributed by atoms with van der Waals surface area (Å²) in [6.07, 6.45) is 3.87. The van der Waals surface area contributed by atoms with Crippen LogP contribution in [0.4, 0.5) is 5.82 Å². The van der Waals surface area contributed by atoms with Gasteiger partial charge in [-0.1, -0.05) is 32.9 Å². The topological polar surface area (TPSA) is 30.2 Å². The highest BCUT2D eigenvalue weighted by Gasteiger charge is 2.21. The average Bonchev–Trinajstić information content (AvgIpc) is 3.00. The fraction of sp³-hybridized carbons (Fsp3) is 0.263. The van der Waals surface area contributed by atoms with Crippen molar-refractivity contribution in [2.24, 2.45) is 4.99 Å². The maximum absolute atomic E-state index is 4.77. The monoisotopic (exact) mass is 355 g/mol. The Morgan fingerprint density at radius 1 is 1.12 bits per heavy atom. The number of hydrogen-bond donors (Lipinski definition) is 0. The Morgan fingerprint density at radius 2 is 1.96 bits per heavy atom. The average molecular weight is 356 g/mol. The number of aromatic nitrogens is 2. The highest BCUT2D eigenvalue weighted by atomic mass is 32.2. The standard InChI is InChI=1S/C19H21N3S2/c1-19(2,3)16-13-24-18(21-17-10-5-6-11-20-17)22(16)14-8-7-9-15(12-14)23-4/h5-13H,1-4H3. The first-order valence-electron chi connectivity index (χ1n) is 7.80. The molecule has 124 valence electrons. The predicted molar refractivity (Wildman–Crippen MR) is 104 cm³/mol. The number of benzene rings is 1. The second kappa shape index (κ2) is 6.95. The summed E-state index contributed by atoms with van der Waals surface area (Å²) in [5, 5.41) is 2.20. The molecule has 3 rings (SSSR count). The van der Waals surface area contributed by atoms with Gasteiger partial charge in [0, 0.05) is 33.3 Å². The summed E-state index contributed by atoms with van der Waals surface area (Å²) in [4.78, 5) is 11.3. The lowest BCUT2D eigenvalue weighted by Gasteiger charge is -2.21. The van der Waals surface area contributed by atoms with Crippen molar-refractivity contribution in [2.45, 2.75) is 31.1 Å². The Hall–Kier alpha value is -1.85. The van der Waals surface area contributed by atoms with Gasteiger partial charge in [-0.2, -0.15) is 0 Å². The van der Waals surface area contributed by atoms with Crippen molar-refractivity contribution >= 4 is 28.9 Å². The molecule has 0 radical (unpaired) electrons. The molecule has 5 heteroatoms. The molecule has 0 unspecified atom stereocenters. The van der Waals surface area contributed by atoms with Crippen LogP contribution in [-0.2, 0) is 5.41 Å². The van der Waals surface area contributed by atoms with E-state index in [1.54, 1.807) is 29.3 Å². The molecule has 2 heterocycles. The highest BCUT2D eigenvalue weighted by molar-refractivity contribution is 7.98. The number of thioether (sulfide) groups is 1. The smallest absolute Gasteiger partial charge is 0.196 e. The molecule has 0 aliphatic heterocycles. The maximum Gasteiger partial charge on any atom is 0.196 e. The normalized spacial score (nSPS) is 12.6. The minimum absolute atomic E-state index is 0.0315. The molecule has 0 fully saturated rings. The van der Waals surface area contributed by atoms with Gasteiger partial charge in [0.15, 0.2) is 10.6 Å². The third kappa shape index (κ3) is 3.62. The summed E-state index contributed by atoms with van der Waals surface area (Å²) in [7, 11) is 0. The van der Waals surface area contributed by atoms with Gasteiger partial charge in [0.1, 0.15) is 0 Å². The maximum atomic E-state index is 4.77. The first kappa shape index (κ1) is 17.0. The molecular formula is C19H21N3S2. The van der Waals surface area contributed by atoms with Crippen LogP contribution in [-0.4, -0.2) is 15.8 Å². The molecule has 3 aromatic rings. The van der Waals surface area contributed by atoms with Crippen molar-refractivity contribution in [1.82, 2.24) is 9.55 Å². The lowest BCUT2D eigenvalue weighted by molar-refractivity contribution is 0.553. The molecule has 0 saturated carbocycles. The van der Waals surface area contributed by atoms with E-state index in [9.17, 15) is 0 Å². The largest absolute Gasteiger partial charge is 0.289 e. The van der Waals surface area contributed by atoms with E-state index in [4.69, 9.17) is 4.99 Å². The summed E-state index contributed by atoms with van der Waals surface area (Å²) in [5.41, 5.74) is 2.42. The minimum Gasteiger partial charge on any atom is -0.289 e. The van der Waals surface area contributed by atoms with Gasteiger partial charge in [-0.3, -0.25) is 4.57 Å². The van der Waals surface area contributed by atoms with Gasteiger partial charge < -0.3 is 0 Å². The van der Waals surface area contributed by atoms with Gasteiger partial charge in [-0.15, -0.1) is 23.1 Å². The van der Waals surface area contributed by atoms with E-state index in [0.29, 0.717) is 0 Å². The Morgan fingerprint density at radius 3 is 2.62 bits per heavy atom. The van der Waals surface area contributed by atoms with Crippen LogP contribution in [0.15, 0.2) is 63.9 Å². The Labute approximate surface area is 151 Å². The van der Waals surface area contributed by atoms with Crippen molar-refractivity contribution in [3.63, 3.8) is 0 Å². The van der Waals surface area contributed by atoms with Crippen LogP contribution >= 0.6 is 23.1 Å². The molecule has 0 atom stereocenters. The Bertz CT molecular complexity index is 887. The Balaban J connectivity index is 2.25. The molecule has 0 bridgehead atoms. The van der Waals surface area contributed by atoms with E-state index in [1.807, 2.05) is 18.2 Å². The quantitative estimate of drug-likeness (QED) is 0.606. The van der Waals surface area contributed by atoms with Gasteiger partial charge in [0.25, 0.3) is 0 Å². The van der Waals surface area contributed by atoms with Crippen LogP contribution < -0.4 is 4.80 Å². The van der Waals surface area contributed by atoms with Gasteiger partial charge in [0.2, 0.25) is 0 Å². The van der Waals surface area contributed by atoms with Crippen LogP contribution in [0.5, 0.6) is 0 Å². The van der Waals surface area contributed by atoms with Crippen molar-refractivity contribution in [3.8, 4) is 5.69 Å². The summed E-state index contributed by atoms with van der Waals surface area (Å²) in [6.45, 7) is 6.69. The van der Waals surface area contributed by atoms with Crippen molar-refractivity contribution in [2.75, 3.05) is 6.26 Å². The molecule has 3 nitrogen and oxygen atoms in total. The van der Waals surface area contributed by atoms with E-state index in [-0.39, 0.29) is 5.41 Å². The van der Waals surface area contributed by atoms with Gasteiger partial charge in [-0.05, 0) is 36.6 Å². The predicted octanol–water partition coefficient (Wildman–Crippen LogP) is 5.19. The molecular weight excluding hydrogens is 334 g/mol. The number of thiazole rings is 1. The Kier molecular flexibility index (Phi) is 4.92. The van der Waals surface area contributed by atoms with Crippen LogP contribution in [0.25, 0.3) is 5.69 Å². The lowest BCUT2D eigenvalue weighted by atomic mass is 9.93. The van der Waals surface area contributed by atoms with E-state index < -0.39 is 0 Å². The number of rotatable bonds is 3. The number of nitrogens with zero attached hydrogens (tertiary/aromatic N) is 3. The third-order valence-corrected chi connectivity index (χ3v) is 5.20. The van der Waals surface area contributed by atoms with Crippen LogP contribution in [0.1, 0.15) is 26.5 Å². The summed E-state index contributed by atoms with van der Waals surface area (Å²) >= 11 is 3.41. The van der Waals surface area contributed by atoms with Gasteiger partial charge >= 0.3 is 0 Å². The first-order valence-corrected chi connectivity index (χ1v) is 9.91. The fourth-order valence-electron chi connectivity index (χ4n) is 2.42. The summed E-state index contributed by atoms with van der Waals surface area (Å²) in [5.74, 6) is 0.731. The molecule has 0 aliphatic rings. The zero-order valence-corrected chi connectivity index (χ0v) is 16.0. The zero-order valence-electron chi connectivity index (χ0n) is 14.4. The zero-order chi connectivity index (χ0) is 17.2. The summed E-state index contributed by atoms with van der Waals surface area (Å²) < 4.78 is 2.25. The molecule has 0 amide bonds. The van der Waals surface area contributed by atoms with Gasteiger partial charge in [-0.25, -0.2) is 9.98 Å². The molecule has 0 saturated heterocycles. The fourth-order valence-corrected chi connectivity index (χ4v) is 4.01. The van der Waals surface area contributed by atoms with E-state index in [0.717, 1.165) is 16.3 Å². The molecule has 1 aromatic carbocycles. The van der Waals surface area contributed by atoms with E-state index in [1.165, 1.54) is 10.6 Å². The first-order chi connectivity index (χ1) is 11.5. The molecule has 0 aliphatic carbocycles. The highest BCUT2D eigenvalue weighted by Crippen LogP contribution is 2.27. The SMILES string of the molecule is CSc1cccc(-n2c(C(C)(C)C)csc2=Nc2ccccn2)c1. The van der Waals surface area contributed by atoms with Crippen LogP contribution in [0, 0.1) is 0 Å². The molecule has 2 aromatic heterocycles.